The molecular formula is C14H18Cl3N. The second kappa shape index (κ2) is 6.47. The van der Waals surface area contributed by atoms with Crippen LogP contribution in [0.15, 0.2) is 18.2 Å². The van der Waals surface area contributed by atoms with Crippen LogP contribution in [0.1, 0.15) is 30.7 Å². The van der Waals surface area contributed by atoms with Crippen LogP contribution in [-0.2, 0) is 0 Å². The summed E-state index contributed by atoms with van der Waals surface area (Å²) in [5, 5.41) is 1.25. The molecule has 1 aliphatic heterocycles. The van der Waals surface area contributed by atoms with Crippen molar-refractivity contribution >= 4 is 34.8 Å². The van der Waals surface area contributed by atoms with Gasteiger partial charge in [-0.15, -0.1) is 11.6 Å². The summed E-state index contributed by atoms with van der Waals surface area (Å²) in [5.74, 6) is 0.842. The molecule has 1 fully saturated rings. The Bertz CT molecular complexity index is 400. The first-order valence-electron chi connectivity index (χ1n) is 6.37. The van der Waals surface area contributed by atoms with Gasteiger partial charge in [0.2, 0.25) is 0 Å². The molecule has 0 spiro atoms. The van der Waals surface area contributed by atoms with Gasteiger partial charge in [-0.1, -0.05) is 36.2 Å². The molecule has 100 valence electrons. The molecule has 1 aromatic carbocycles. The van der Waals surface area contributed by atoms with E-state index in [1.807, 2.05) is 12.1 Å². The quantitative estimate of drug-likeness (QED) is 0.710. The molecule has 2 rings (SSSR count). The molecule has 1 nitrogen and oxygen atoms in total. The highest BCUT2D eigenvalue weighted by molar-refractivity contribution is 6.35. The molecule has 1 saturated heterocycles. The predicted molar refractivity (Wildman–Crippen MR) is 79.9 cm³/mol. The topological polar surface area (TPSA) is 3.24 Å². The van der Waals surface area contributed by atoms with Crippen LogP contribution in [0.25, 0.3) is 0 Å². The van der Waals surface area contributed by atoms with Crippen molar-refractivity contribution in [2.24, 2.45) is 5.92 Å². The lowest BCUT2D eigenvalue weighted by Crippen LogP contribution is -2.35. The predicted octanol–water partition coefficient (Wildman–Crippen LogP) is 5.01. The number of nitrogens with zero attached hydrogens (tertiary/aromatic N) is 1. The second-order valence-corrected chi connectivity index (χ2v) is 6.49. The summed E-state index contributed by atoms with van der Waals surface area (Å²) in [6.45, 7) is 5.44. The highest BCUT2D eigenvalue weighted by atomic mass is 35.5. The van der Waals surface area contributed by atoms with Crippen LogP contribution in [0.2, 0.25) is 10.0 Å². The molecule has 1 unspecified atom stereocenters. The number of hydrogen-bond acceptors (Lipinski definition) is 1. The van der Waals surface area contributed by atoms with Gasteiger partial charge in [0.25, 0.3) is 0 Å². The molecule has 4 heteroatoms. The molecule has 1 aromatic rings. The van der Waals surface area contributed by atoms with Crippen molar-refractivity contribution in [3.63, 3.8) is 0 Å². The summed E-state index contributed by atoms with van der Waals surface area (Å²) >= 11 is 18.5. The first-order valence-corrected chi connectivity index (χ1v) is 7.57. The summed E-state index contributed by atoms with van der Waals surface area (Å²) in [5.41, 5.74) is 0.973. The van der Waals surface area contributed by atoms with Crippen molar-refractivity contribution in [3.8, 4) is 0 Å². The van der Waals surface area contributed by atoms with E-state index in [4.69, 9.17) is 34.8 Å². The Kier molecular flexibility index (Phi) is 5.20. The van der Waals surface area contributed by atoms with Crippen molar-refractivity contribution in [2.45, 2.75) is 25.1 Å². The zero-order valence-electron chi connectivity index (χ0n) is 10.5. The van der Waals surface area contributed by atoms with Crippen LogP contribution < -0.4 is 0 Å². The molecule has 0 aliphatic carbocycles. The minimum absolute atomic E-state index is 0.0665. The molecule has 1 heterocycles. The summed E-state index contributed by atoms with van der Waals surface area (Å²) in [4.78, 5) is 2.42. The number of hydrogen-bond donors (Lipinski definition) is 0. The van der Waals surface area contributed by atoms with Crippen molar-refractivity contribution in [2.75, 3.05) is 19.6 Å². The van der Waals surface area contributed by atoms with Gasteiger partial charge in [-0.25, -0.2) is 0 Å². The molecule has 0 aromatic heterocycles. The molecule has 0 radical (unpaired) electrons. The minimum atomic E-state index is -0.0665. The van der Waals surface area contributed by atoms with Gasteiger partial charge in [0.15, 0.2) is 0 Å². The molecule has 0 N–H and O–H groups in total. The van der Waals surface area contributed by atoms with Crippen LogP contribution in [0.3, 0.4) is 0 Å². The van der Waals surface area contributed by atoms with E-state index in [9.17, 15) is 0 Å². The molecule has 0 saturated carbocycles. The number of alkyl halides is 1. The van der Waals surface area contributed by atoms with E-state index in [1.165, 1.54) is 12.8 Å². The average molecular weight is 307 g/mol. The van der Waals surface area contributed by atoms with Gasteiger partial charge in [-0.05, 0) is 49.5 Å². The van der Waals surface area contributed by atoms with Crippen molar-refractivity contribution in [1.29, 1.82) is 0 Å². The van der Waals surface area contributed by atoms with Gasteiger partial charge >= 0.3 is 0 Å². The summed E-state index contributed by atoms with van der Waals surface area (Å²) in [7, 11) is 0. The summed E-state index contributed by atoms with van der Waals surface area (Å²) < 4.78 is 0. The average Bonchev–Trinajstić information content (AvgIpc) is 2.32. The van der Waals surface area contributed by atoms with E-state index in [-0.39, 0.29) is 5.38 Å². The lowest BCUT2D eigenvalue weighted by molar-refractivity contribution is 0.192. The molecule has 1 atom stereocenters. The highest BCUT2D eigenvalue weighted by Gasteiger charge is 2.20. The smallest absolute Gasteiger partial charge is 0.0726 e. The number of rotatable bonds is 3. The Balaban J connectivity index is 1.97. The van der Waals surface area contributed by atoms with E-state index in [0.717, 1.165) is 31.1 Å². The molecular weight excluding hydrogens is 289 g/mol. The van der Waals surface area contributed by atoms with Gasteiger partial charge in [0.05, 0.1) is 5.38 Å². The lowest BCUT2D eigenvalue weighted by Gasteiger charge is -2.31. The monoisotopic (exact) mass is 305 g/mol. The number of benzene rings is 1. The van der Waals surface area contributed by atoms with Crippen LogP contribution in [0.4, 0.5) is 0 Å². The molecule has 1 aliphatic rings. The van der Waals surface area contributed by atoms with E-state index in [2.05, 4.69) is 11.8 Å². The maximum Gasteiger partial charge on any atom is 0.0726 e. The normalized spacial score (nSPS) is 20.0. The maximum atomic E-state index is 6.46. The van der Waals surface area contributed by atoms with Crippen LogP contribution in [0, 0.1) is 5.92 Å². The van der Waals surface area contributed by atoms with E-state index >= 15 is 0 Å². The first-order chi connectivity index (χ1) is 8.56. The molecule has 0 amide bonds. The Morgan fingerprint density at radius 3 is 2.56 bits per heavy atom. The van der Waals surface area contributed by atoms with Gasteiger partial charge in [0.1, 0.15) is 0 Å². The van der Waals surface area contributed by atoms with E-state index in [1.54, 1.807) is 6.07 Å². The van der Waals surface area contributed by atoms with Gasteiger partial charge in [-0.3, -0.25) is 0 Å². The van der Waals surface area contributed by atoms with Crippen LogP contribution in [-0.4, -0.2) is 24.5 Å². The van der Waals surface area contributed by atoms with Crippen molar-refractivity contribution in [1.82, 2.24) is 4.90 Å². The third-order valence-electron chi connectivity index (χ3n) is 3.59. The highest BCUT2D eigenvalue weighted by Crippen LogP contribution is 2.31. The Labute approximate surface area is 124 Å². The van der Waals surface area contributed by atoms with E-state index < -0.39 is 0 Å². The fourth-order valence-corrected chi connectivity index (χ4v) is 3.31. The first kappa shape index (κ1) is 14.5. The Morgan fingerprint density at radius 1 is 1.28 bits per heavy atom. The second-order valence-electron chi connectivity index (χ2n) is 5.12. The molecule has 18 heavy (non-hydrogen) atoms. The van der Waals surface area contributed by atoms with Crippen molar-refractivity contribution in [3.05, 3.63) is 33.8 Å². The maximum absolute atomic E-state index is 6.46. The number of piperidine rings is 1. The lowest BCUT2D eigenvalue weighted by atomic mass is 9.99. The van der Waals surface area contributed by atoms with Crippen molar-refractivity contribution < 1.29 is 0 Å². The molecule has 0 bridgehead atoms. The zero-order chi connectivity index (χ0) is 13.1. The zero-order valence-corrected chi connectivity index (χ0v) is 12.8. The SMILES string of the molecule is CC1CCN(CC(Cl)c2ccc(Cl)cc2Cl)CC1. The summed E-state index contributed by atoms with van der Waals surface area (Å²) in [6.07, 6.45) is 2.52. The third-order valence-corrected chi connectivity index (χ3v) is 4.53. The Morgan fingerprint density at radius 2 is 1.94 bits per heavy atom. The number of halogens is 3. The number of likely N-dealkylation sites (tertiary alicyclic amines) is 1. The summed E-state index contributed by atoms with van der Waals surface area (Å²) in [6, 6.07) is 5.53. The van der Waals surface area contributed by atoms with Gasteiger partial charge < -0.3 is 4.90 Å². The van der Waals surface area contributed by atoms with Gasteiger partial charge in [-0.2, -0.15) is 0 Å². The fourth-order valence-electron chi connectivity index (χ4n) is 2.33. The third kappa shape index (κ3) is 3.77. The van der Waals surface area contributed by atoms with Crippen LogP contribution >= 0.6 is 34.8 Å². The van der Waals surface area contributed by atoms with Crippen LogP contribution in [0.5, 0.6) is 0 Å². The minimum Gasteiger partial charge on any atom is -0.302 e. The van der Waals surface area contributed by atoms with E-state index in [0.29, 0.717) is 10.0 Å². The largest absolute Gasteiger partial charge is 0.302 e. The Hall–Kier alpha value is 0.0500. The standard InChI is InChI=1S/C14H18Cl3N/c1-10-4-6-18(7-5-10)9-14(17)12-3-2-11(15)8-13(12)16/h2-3,8,10,14H,4-7,9H2,1H3. The fraction of sp³-hybridized carbons (Fsp3) is 0.571. The van der Waals surface area contributed by atoms with Gasteiger partial charge in [0, 0.05) is 16.6 Å².